The van der Waals surface area contributed by atoms with E-state index in [0.717, 1.165) is 6.07 Å². The third kappa shape index (κ3) is 4.69. The highest BCUT2D eigenvalue weighted by Gasteiger charge is 2.65. The number of rotatable bonds is 4. The van der Waals surface area contributed by atoms with Crippen LogP contribution in [0.2, 0.25) is 5.02 Å². The molecule has 2 fully saturated rings. The van der Waals surface area contributed by atoms with Crippen molar-refractivity contribution in [2.24, 2.45) is 10.7 Å². The molecule has 2 aromatic rings. The van der Waals surface area contributed by atoms with Crippen LogP contribution in [0, 0.1) is 5.82 Å². The van der Waals surface area contributed by atoms with E-state index in [1.54, 1.807) is 0 Å². The summed E-state index contributed by atoms with van der Waals surface area (Å²) in [6.45, 7) is 0. The van der Waals surface area contributed by atoms with E-state index in [9.17, 15) is 27.2 Å². The molecule has 11 heteroatoms. The number of hydrogen-bond acceptors (Lipinski definition) is 4. The molecule has 1 amide bonds. The number of carboxylic acids is 1. The Labute approximate surface area is 207 Å². The molecule has 1 aliphatic heterocycles. The number of nitrogens with zero attached hydrogens (tertiary/aromatic N) is 1. The maximum absolute atomic E-state index is 14.6. The minimum atomic E-state index is -4.55. The summed E-state index contributed by atoms with van der Waals surface area (Å²) in [6, 6.07) is 7.22. The van der Waals surface area contributed by atoms with Crippen LogP contribution in [0.3, 0.4) is 0 Å². The first kappa shape index (κ1) is 25.2. The molecular formula is C24H19ClF4N2O3S. The zero-order valence-electron chi connectivity index (χ0n) is 18.1. The Balaban J connectivity index is 1.77. The fourth-order valence-electron chi connectivity index (χ4n) is 4.09. The predicted molar refractivity (Wildman–Crippen MR) is 126 cm³/mol. The summed E-state index contributed by atoms with van der Waals surface area (Å²) in [5.41, 5.74) is 3.43. The van der Waals surface area contributed by atoms with Crippen molar-refractivity contribution in [3.8, 4) is 0 Å². The Morgan fingerprint density at radius 3 is 2.49 bits per heavy atom. The second-order valence-corrected chi connectivity index (χ2v) is 9.81. The van der Waals surface area contributed by atoms with E-state index in [1.165, 1.54) is 42.1 Å². The number of nitrogens with two attached hydrogens (primary N) is 1. The molecule has 4 rings (SSSR count). The van der Waals surface area contributed by atoms with Crippen LogP contribution in [-0.2, 0) is 5.41 Å². The van der Waals surface area contributed by atoms with Gasteiger partial charge in [0.2, 0.25) is 0 Å². The van der Waals surface area contributed by atoms with Crippen molar-refractivity contribution in [1.29, 1.82) is 0 Å². The molecule has 0 unspecified atom stereocenters. The predicted octanol–water partition coefficient (Wildman–Crippen LogP) is 6.21. The summed E-state index contributed by atoms with van der Waals surface area (Å²) in [6.07, 6.45) is -3.92. The van der Waals surface area contributed by atoms with Crippen molar-refractivity contribution in [2.45, 2.75) is 37.3 Å². The molecule has 1 aliphatic carbocycles. The molecular weight excluding hydrogens is 508 g/mol. The highest BCUT2D eigenvalue weighted by Crippen LogP contribution is 2.60. The van der Waals surface area contributed by atoms with Crippen molar-refractivity contribution in [3.63, 3.8) is 0 Å². The monoisotopic (exact) mass is 526 g/mol. The highest BCUT2D eigenvalue weighted by molar-refractivity contribution is 8.04. The summed E-state index contributed by atoms with van der Waals surface area (Å²) >= 11 is 7.42. The van der Waals surface area contributed by atoms with E-state index in [-0.39, 0.29) is 51.5 Å². The Morgan fingerprint density at radius 2 is 1.89 bits per heavy atom. The van der Waals surface area contributed by atoms with Crippen molar-refractivity contribution in [3.05, 3.63) is 74.4 Å². The fourth-order valence-corrected chi connectivity index (χ4v) is 5.42. The molecule has 5 nitrogen and oxygen atoms in total. The number of hydrogen-bond donors (Lipinski definition) is 2. The summed E-state index contributed by atoms with van der Waals surface area (Å²) in [7, 11) is 0. The van der Waals surface area contributed by atoms with E-state index in [1.807, 2.05) is 0 Å². The van der Waals surface area contributed by atoms with E-state index in [2.05, 4.69) is 4.99 Å². The molecule has 2 aromatic carbocycles. The fraction of sp³-hybridized carbons (Fsp3) is 0.292. The molecule has 1 saturated carbocycles. The maximum Gasteiger partial charge on any atom is 0.398 e. The van der Waals surface area contributed by atoms with Gasteiger partial charge in [0.25, 0.3) is 5.91 Å². The van der Waals surface area contributed by atoms with Crippen molar-refractivity contribution >= 4 is 46.6 Å². The smallest absolute Gasteiger partial charge is 0.398 e. The minimum absolute atomic E-state index is 0.0379. The average molecular weight is 527 g/mol. The number of allylic oxidation sites excluding steroid dienone is 1. The first-order valence-corrected chi connectivity index (χ1v) is 12.0. The molecule has 2 aliphatic rings. The second kappa shape index (κ2) is 9.31. The minimum Gasteiger partial charge on any atom is -0.478 e. The Hall–Kier alpha value is -2.85. The Kier molecular flexibility index (Phi) is 6.72. The van der Waals surface area contributed by atoms with Crippen molar-refractivity contribution in [1.82, 2.24) is 0 Å². The van der Waals surface area contributed by atoms with Crippen LogP contribution in [0.1, 0.15) is 57.5 Å². The standard InChI is InChI=1S/C24H19ClF4N2O3S/c25-15-4-1-3-14(23(8-9-23)24(27,28)29)18(15)21(32)31-17-5-2-10-35-20(17)19(30)13-7-6-12(22(33)34)11-16(13)26/h1,3-4,6-7,11H,2,5,8-10,30H2,(H,33,34). The number of benzene rings is 2. The Morgan fingerprint density at radius 1 is 1.17 bits per heavy atom. The maximum atomic E-state index is 14.6. The lowest BCUT2D eigenvalue weighted by Gasteiger charge is -2.23. The van der Waals surface area contributed by atoms with Gasteiger partial charge >= 0.3 is 12.1 Å². The summed E-state index contributed by atoms with van der Waals surface area (Å²) in [4.78, 5) is 28.7. The number of thioether (sulfide) groups is 1. The molecule has 1 heterocycles. The number of alkyl halides is 3. The highest BCUT2D eigenvalue weighted by atomic mass is 35.5. The van der Waals surface area contributed by atoms with E-state index >= 15 is 0 Å². The summed E-state index contributed by atoms with van der Waals surface area (Å²) in [5.74, 6) is -2.48. The van der Waals surface area contributed by atoms with Gasteiger partial charge in [-0.2, -0.15) is 13.2 Å². The lowest BCUT2D eigenvalue weighted by molar-refractivity contribution is -0.160. The molecule has 3 N–H and O–H groups in total. The van der Waals surface area contributed by atoms with Gasteiger partial charge in [0.15, 0.2) is 0 Å². The number of carboxylic acid groups (broad SMARTS) is 1. The number of halogens is 5. The zero-order valence-corrected chi connectivity index (χ0v) is 19.7. The van der Waals surface area contributed by atoms with Gasteiger partial charge in [0, 0.05) is 5.56 Å². The van der Waals surface area contributed by atoms with Gasteiger partial charge in [-0.15, -0.1) is 11.8 Å². The third-order valence-corrected chi connectivity index (χ3v) is 7.64. The molecule has 0 spiro atoms. The van der Waals surface area contributed by atoms with E-state index < -0.39 is 29.3 Å². The van der Waals surface area contributed by atoms with E-state index in [4.69, 9.17) is 22.4 Å². The first-order chi connectivity index (χ1) is 16.5. The topological polar surface area (TPSA) is 92.8 Å². The zero-order chi connectivity index (χ0) is 25.5. The summed E-state index contributed by atoms with van der Waals surface area (Å²) < 4.78 is 56.0. The number of aromatic carboxylic acids is 1. The molecule has 1 saturated heterocycles. The van der Waals surface area contributed by atoms with Crippen molar-refractivity contribution < 1.29 is 32.3 Å². The van der Waals surface area contributed by atoms with Crippen molar-refractivity contribution in [2.75, 3.05) is 5.75 Å². The molecule has 0 bridgehead atoms. The second-order valence-electron chi connectivity index (χ2n) is 8.30. The number of carbonyl (C=O) groups excluding carboxylic acids is 1. The number of amides is 1. The average Bonchev–Trinajstić information content (AvgIpc) is 3.61. The quantitative estimate of drug-likeness (QED) is 0.462. The molecule has 184 valence electrons. The van der Waals surface area contributed by atoms with Gasteiger partial charge in [0.1, 0.15) is 5.82 Å². The van der Waals surface area contributed by atoms with Gasteiger partial charge < -0.3 is 10.8 Å². The molecule has 0 atom stereocenters. The SMILES string of the molecule is NC(=C1SCCCC1=NC(=O)c1c(Cl)cccc1C1(C(F)(F)F)CC1)c1ccc(C(=O)O)cc1F. The lowest BCUT2D eigenvalue weighted by atomic mass is 9.90. The van der Waals surface area contributed by atoms with Gasteiger partial charge in [0.05, 0.1) is 37.9 Å². The van der Waals surface area contributed by atoms with Crippen LogP contribution in [0.5, 0.6) is 0 Å². The molecule has 35 heavy (non-hydrogen) atoms. The van der Waals surface area contributed by atoms with Gasteiger partial charge in [-0.1, -0.05) is 23.7 Å². The molecule has 0 aromatic heterocycles. The summed E-state index contributed by atoms with van der Waals surface area (Å²) in [5, 5.41) is 8.91. The van der Waals surface area contributed by atoms with Crippen LogP contribution in [-0.4, -0.2) is 34.6 Å². The third-order valence-electron chi connectivity index (χ3n) is 6.09. The molecule has 0 radical (unpaired) electrons. The van der Waals surface area contributed by atoms with Crippen LogP contribution in [0.4, 0.5) is 17.6 Å². The van der Waals surface area contributed by atoms with Crippen LogP contribution in [0.25, 0.3) is 5.70 Å². The van der Waals surface area contributed by atoms with Crippen LogP contribution in [0.15, 0.2) is 46.3 Å². The number of carbonyl (C=O) groups is 2. The number of aliphatic imine (C=N–C) groups is 1. The van der Waals surface area contributed by atoms with Gasteiger partial charge in [-0.05, 0) is 61.3 Å². The lowest BCUT2D eigenvalue weighted by Crippen LogP contribution is -2.30. The van der Waals surface area contributed by atoms with Crippen LogP contribution < -0.4 is 5.73 Å². The largest absolute Gasteiger partial charge is 0.478 e. The van der Waals surface area contributed by atoms with Gasteiger partial charge in [-0.3, -0.25) is 4.79 Å². The van der Waals surface area contributed by atoms with Gasteiger partial charge in [-0.25, -0.2) is 14.2 Å². The van der Waals surface area contributed by atoms with E-state index in [0.29, 0.717) is 23.5 Å². The first-order valence-electron chi connectivity index (χ1n) is 10.6. The van der Waals surface area contributed by atoms with Crippen LogP contribution >= 0.6 is 23.4 Å². The normalized spacial score (nSPS) is 20.0. The Bertz CT molecular complexity index is 1290.